The van der Waals surface area contributed by atoms with Crippen LogP contribution in [0.5, 0.6) is 0 Å². The monoisotopic (exact) mass is 247 g/mol. The number of rotatable bonds is 3. The average Bonchev–Trinajstić information content (AvgIpc) is 2.32. The Labute approximate surface area is 106 Å². The summed E-state index contributed by atoms with van der Waals surface area (Å²) in [5, 5.41) is 0.772. The zero-order valence-electron chi connectivity index (χ0n) is 8.82. The molecule has 0 N–H and O–H groups in total. The molecular formula is C14H12ClS. The van der Waals surface area contributed by atoms with Crippen LogP contribution in [0.3, 0.4) is 0 Å². The second kappa shape index (κ2) is 5.42. The normalized spacial score (nSPS) is 10.4. The van der Waals surface area contributed by atoms with Gasteiger partial charge < -0.3 is 0 Å². The van der Waals surface area contributed by atoms with Gasteiger partial charge in [0, 0.05) is 17.0 Å². The van der Waals surface area contributed by atoms with Crippen molar-refractivity contribution in [3.05, 3.63) is 65.4 Å². The molecule has 0 aromatic heterocycles. The highest BCUT2D eigenvalue weighted by Gasteiger charge is 1.97. The highest BCUT2D eigenvalue weighted by Crippen LogP contribution is 2.22. The maximum absolute atomic E-state index is 5.86. The van der Waals surface area contributed by atoms with E-state index in [9.17, 15) is 0 Å². The predicted molar refractivity (Wildman–Crippen MR) is 73.5 cm³/mol. The van der Waals surface area contributed by atoms with E-state index in [2.05, 4.69) is 30.5 Å². The fourth-order valence-electron chi connectivity index (χ4n) is 1.55. The maximum Gasteiger partial charge on any atom is 0.0406 e. The van der Waals surface area contributed by atoms with Crippen LogP contribution < -0.4 is 0 Å². The molecule has 16 heavy (non-hydrogen) atoms. The quantitative estimate of drug-likeness (QED) is 0.733. The first-order valence-electron chi connectivity index (χ1n) is 5.01. The van der Waals surface area contributed by atoms with Gasteiger partial charge in [-0.15, -0.1) is 0 Å². The summed E-state index contributed by atoms with van der Waals surface area (Å²) in [6, 6.07) is 16.4. The summed E-state index contributed by atoms with van der Waals surface area (Å²) in [5.41, 5.74) is 3.71. The molecule has 2 heteroatoms. The van der Waals surface area contributed by atoms with Crippen LogP contribution in [0.25, 0.3) is 11.1 Å². The number of thioether (sulfide) groups is 1. The van der Waals surface area contributed by atoms with Crippen molar-refractivity contribution in [3.8, 4) is 11.1 Å². The van der Waals surface area contributed by atoms with Gasteiger partial charge in [-0.1, -0.05) is 48.0 Å². The van der Waals surface area contributed by atoms with Crippen molar-refractivity contribution < 1.29 is 0 Å². The fraction of sp³-hybridized carbons (Fsp3) is 0.0714. The predicted octanol–water partition coefficient (Wildman–Crippen LogP) is 5.03. The maximum atomic E-state index is 5.86. The molecule has 0 aliphatic rings. The van der Waals surface area contributed by atoms with Crippen LogP contribution in [0, 0.1) is 6.26 Å². The molecule has 0 saturated heterocycles. The minimum absolute atomic E-state index is 0.772. The van der Waals surface area contributed by atoms with Crippen molar-refractivity contribution in [3.63, 3.8) is 0 Å². The summed E-state index contributed by atoms with van der Waals surface area (Å²) in [4.78, 5) is 0. The van der Waals surface area contributed by atoms with Gasteiger partial charge in [0.25, 0.3) is 0 Å². The Morgan fingerprint density at radius 3 is 1.88 bits per heavy atom. The molecule has 0 unspecified atom stereocenters. The van der Waals surface area contributed by atoms with Crippen molar-refractivity contribution >= 4 is 23.4 Å². The van der Waals surface area contributed by atoms with E-state index in [0.29, 0.717) is 0 Å². The Hall–Kier alpha value is -0.920. The highest BCUT2D eigenvalue weighted by atomic mass is 35.5. The highest BCUT2D eigenvalue weighted by molar-refractivity contribution is 7.99. The van der Waals surface area contributed by atoms with E-state index in [1.807, 2.05) is 24.3 Å². The zero-order chi connectivity index (χ0) is 11.4. The Morgan fingerprint density at radius 1 is 0.875 bits per heavy atom. The second-order valence-electron chi connectivity index (χ2n) is 3.55. The third-order valence-corrected chi connectivity index (χ3v) is 3.19. The molecule has 0 heterocycles. The van der Waals surface area contributed by atoms with Gasteiger partial charge in [0.1, 0.15) is 0 Å². The Bertz CT molecular complexity index is 445. The molecule has 0 saturated carbocycles. The summed E-state index contributed by atoms with van der Waals surface area (Å²) < 4.78 is 0. The first-order chi connectivity index (χ1) is 7.79. The van der Waals surface area contributed by atoms with Gasteiger partial charge in [-0.2, -0.15) is 11.8 Å². The van der Waals surface area contributed by atoms with Crippen LogP contribution in [0.4, 0.5) is 0 Å². The first-order valence-corrected chi connectivity index (χ1v) is 6.55. The third-order valence-electron chi connectivity index (χ3n) is 2.40. The van der Waals surface area contributed by atoms with E-state index in [1.54, 1.807) is 11.8 Å². The van der Waals surface area contributed by atoms with E-state index in [0.717, 1.165) is 10.8 Å². The lowest BCUT2D eigenvalue weighted by molar-refractivity contribution is 1.42. The SMILES string of the molecule is [CH2]SCc1ccc(-c2ccc(Cl)cc2)cc1. The molecule has 0 fully saturated rings. The summed E-state index contributed by atoms with van der Waals surface area (Å²) in [7, 11) is 0. The van der Waals surface area contributed by atoms with E-state index in [4.69, 9.17) is 11.6 Å². The van der Waals surface area contributed by atoms with Crippen molar-refractivity contribution in [2.75, 3.05) is 0 Å². The van der Waals surface area contributed by atoms with Gasteiger partial charge in [-0.3, -0.25) is 0 Å². The standard InChI is InChI=1S/C14H12ClS/c1-16-10-11-2-4-12(5-3-11)13-6-8-14(15)9-7-13/h2-9H,1,10H2. The van der Waals surface area contributed by atoms with Gasteiger partial charge in [0.05, 0.1) is 0 Å². The Morgan fingerprint density at radius 2 is 1.38 bits per heavy atom. The van der Waals surface area contributed by atoms with Crippen molar-refractivity contribution in [1.29, 1.82) is 0 Å². The molecule has 0 aliphatic carbocycles. The van der Waals surface area contributed by atoms with E-state index < -0.39 is 0 Å². The lowest BCUT2D eigenvalue weighted by Gasteiger charge is -2.03. The minimum Gasteiger partial charge on any atom is -0.156 e. The van der Waals surface area contributed by atoms with Crippen LogP contribution in [0.1, 0.15) is 5.56 Å². The van der Waals surface area contributed by atoms with Gasteiger partial charge in [0.15, 0.2) is 0 Å². The molecule has 0 amide bonds. The second-order valence-corrected chi connectivity index (χ2v) is 4.69. The third kappa shape index (κ3) is 2.81. The van der Waals surface area contributed by atoms with Crippen LogP contribution >= 0.6 is 23.4 Å². The van der Waals surface area contributed by atoms with Gasteiger partial charge >= 0.3 is 0 Å². The molecule has 0 atom stereocenters. The minimum atomic E-state index is 0.772. The average molecular weight is 248 g/mol. The lowest BCUT2D eigenvalue weighted by atomic mass is 10.0. The summed E-state index contributed by atoms with van der Waals surface area (Å²) in [5.74, 6) is 0.959. The summed E-state index contributed by atoms with van der Waals surface area (Å²) in [6.07, 6.45) is 3.77. The Kier molecular flexibility index (Phi) is 3.92. The number of hydrogen-bond donors (Lipinski definition) is 0. The summed E-state index contributed by atoms with van der Waals surface area (Å²) >= 11 is 7.45. The van der Waals surface area contributed by atoms with Crippen LogP contribution in [-0.4, -0.2) is 0 Å². The van der Waals surface area contributed by atoms with Crippen molar-refractivity contribution in [1.82, 2.24) is 0 Å². The zero-order valence-corrected chi connectivity index (χ0v) is 10.4. The molecule has 1 radical (unpaired) electrons. The first kappa shape index (κ1) is 11.6. The van der Waals surface area contributed by atoms with Gasteiger partial charge in [-0.05, 0) is 28.8 Å². The number of benzene rings is 2. The molecule has 2 rings (SSSR count). The molecule has 0 bridgehead atoms. The number of halogens is 1. The van der Waals surface area contributed by atoms with Crippen LogP contribution in [0.2, 0.25) is 5.02 Å². The van der Waals surface area contributed by atoms with E-state index in [-0.39, 0.29) is 0 Å². The largest absolute Gasteiger partial charge is 0.156 e. The molecule has 0 nitrogen and oxygen atoms in total. The Balaban J connectivity index is 2.24. The molecular weight excluding hydrogens is 236 g/mol. The van der Waals surface area contributed by atoms with Crippen molar-refractivity contribution in [2.45, 2.75) is 5.75 Å². The lowest BCUT2D eigenvalue weighted by Crippen LogP contribution is -1.81. The number of hydrogen-bond acceptors (Lipinski definition) is 1. The molecule has 0 spiro atoms. The van der Waals surface area contributed by atoms with Crippen LogP contribution in [-0.2, 0) is 5.75 Å². The van der Waals surface area contributed by atoms with Crippen molar-refractivity contribution in [2.24, 2.45) is 0 Å². The molecule has 2 aromatic rings. The van der Waals surface area contributed by atoms with E-state index in [1.165, 1.54) is 16.7 Å². The van der Waals surface area contributed by atoms with Gasteiger partial charge in [0.2, 0.25) is 0 Å². The van der Waals surface area contributed by atoms with Crippen LogP contribution in [0.15, 0.2) is 48.5 Å². The topological polar surface area (TPSA) is 0 Å². The van der Waals surface area contributed by atoms with E-state index >= 15 is 0 Å². The molecule has 2 aromatic carbocycles. The summed E-state index contributed by atoms with van der Waals surface area (Å²) in [6.45, 7) is 0. The smallest absolute Gasteiger partial charge is 0.0406 e. The molecule has 81 valence electrons. The fourth-order valence-corrected chi connectivity index (χ4v) is 2.11. The van der Waals surface area contributed by atoms with Gasteiger partial charge in [-0.25, -0.2) is 0 Å². The molecule has 0 aliphatic heterocycles.